The van der Waals surface area contributed by atoms with Gasteiger partial charge in [0, 0.05) is 18.2 Å². The Balaban J connectivity index is 1.48. The van der Waals surface area contributed by atoms with Gasteiger partial charge in [-0.25, -0.2) is 4.39 Å². The van der Waals surface area contributed by atoms with Crippen molar-refractivity contribution in [3.8, 4) is 5.75 Å². The molecule has 110 valence electrons. The van der Waals surface area contributed by atoms with Crippen LogP contribution in [0.15, 0.2) is 48.5 Å². The number of benzene rings is 2. The normalized spacial score (nSPS) is 20.9. The molecular weight excluding hydrogens is 265 g/mol. The quantitative estimate of drug-likeness (QED) is 0.900. The number of hydrogen-bond acceptors (Lipinski definition) is 2. The van der Waals surface area contributed by atoms with Crippen LogP contribution in [0.5, 0.6) is 5.75 Å². The molecule has 1 aliphatic rings. The van der Waals surface area contributed by atoms with Crippen molar-refractivity contribution >= 4 is 0 Å². The Bertz CT molecular complexity index is 590. The lowest BCUT2D eigenvalue weighted by molar-refractivity contribution is 0.288. The van der Waals surface area contributed by atoms with Gasteiger partial charge in [-0.2, -0.15) is 0 Å². The van der Waals surface area contributed by atoms with Crippen molar-refractivity contribution in [1.82, 2.24) is 5.32 Å². The average molecular weight is 285 g/mol. The van der Waals surface area contributed by atoms with Gasteiger partial charge in [0.1, 0.15) is 11.6 Å². The van der Waals surface area contributed by atoms with E-state index >= 15 is 0 Å². The maximum absolute atomic E-state index is 13.5. The van der Waals surface area contributed by atoms with Crippen molar-refractivity contribution in [3.63, 3.8) is 0 Å². The largest absolute Gasteiger partial charge is 0.497 e. The van der Waals surface area contributed by atoms with E-state index in [1.165, 1.54) is 11.6 Å². The van der Waals surface area contributed by atoms with Crippen LogP contribution in [-0.2, 0) is 6.54 Å². The summed E-state index contributed by atoms with van der Waals surface area (Å²) in [7, 11) is 1.68. The molecule has 1 fully saturated rings. The van der Waals surface area contributed by atoms with Crippen molar-refractivity contribution in [1.29, 1.82) is 0 Å². The standard InChI is InChI=1S/C18H20FNO/c1-21-17-8-6-13(7-9-17)15-10-16(11-15)20-12-14-4-2-3-5-18(14)19/h2-9,15-16,20H,10-12H2,1H3. The predicted molar refractivity (Wildman–Crippen MR) is 82.0 cm³/mol. The van der Waals surface area contributed by atoms with E-state index in [0.29, 0.717) is 18.5 Å². The second-order valence-corrected chi connectivity index (χ2v) is 5.61. The summed E-state index contributed by atoms with van der Waals surface area (Å²) >= 11 is 0. The Morgan fingerprint density at radius 2 is 1.81 bits per heavy atom. The van der Waals surface area contributed by atoms with Gasteiger partial charge in [-0.3, -0.25) is 0 Å². The van der Waals surface area contributed by atoms with Gasteiger partial charge < -0.3 is 10.1 Å². The molecule has 21 heavy (non-hydrogen) atoms. The summed E-state index contributed by atoms with van der Waals surface area (Å²) in [5.74, 6) is 1.37. The Labute approximate surface area is 125 Å². The molecule has 0 heterocycles. The molecule has 0 aliphatic heterocycles. The van der Waals surface area contributed by atoms with E-state index in [1.54, 1.807) is 13.2 Å². The molecule has 0 radical (unpaired) electrons. The minimum Gasteiger partial charge on any atom is -0.497 e. The Morgan fingerprint density at radius 3 is 2.48 bits per heavy atom. The van der Waals surface area contributed by atoms with Crippen LogP contribution in [0.2, 0.25) is 0 Å². The highest BCUT2D eigenvalue weighted by Gasteiger charge is 2.29. The lowest BCUT2D eigenvalue weighted by atomic mass is 9.76. The van der Waals surface area contributed by atoms with E-state index in [-0.39, 0.29) is 5.82 Å². The minimum atomic E-state index is -0.129. The molecule has 2 aromatic carbocycles. The summed E-state index contributed by atoms with van der Waals surface area (Å²) in [6.45, 7) is 0.604. The topological polar surface area (TPSA) is 21.3 Å². The highest BCUT2D eigenvalue weighted by Crippen LogP contribution is 2.37. The van der Waals surface area contributed by atoms with Gasteiger partial charge >= 0.3 is 0 Å². The first-order valence-electron chi connectivity index (χ1n) is 7.37. The Morgan fingerprint density at radius 1 is 1.10 bits per heavy atom. The average Bonchev–Trinajstić information content (AvgIpc) is 2.48. The second-order valence-electron chi connectivity index (χ2n) is 5.61. The van der Waals surface area contributed by atoms with Gasteiger partial charge in [0.2, 0.25) is 0 Å². The third-order valence-electron chi connectivity index (χ3n) is 4.26. The van der Waals surface area contributed by atoms with Crippen molar-refractivity contribution in [2.24, 2.45) is 0 Å². The lowest BCUT2D eigenvalue weighted by Crippen LogP contribution is -2.39. The van der Waals surface area contributed by atoms with Crippen LogP contribution in [0.25, 0.3) is 0 Å². The summed E-state index contributed by atoms with van der Waals surface area (Å²) in [6, 6.07) is 15.7. The van der Waals surface area contributed by atoms with Crippen molar-refractivity contribution in [2.45, 2.75) is 31.3 Å². The summed E-state index contributed by atoms with van der Waals surface area (Å²) in [5.41, 5.74) is 2.10. The van der Waals surface area contributed by atoms with Gasteiger partial charge in [-0.15, -0.1) is 0 Å². The summed E-state index contributed by atoms with van der Waals surface area (Å²) in [6.07, 6.45) is 2.22. The van der Waals surface area contributed by atoms with Crippen molar-refractivity contribution in [3.05, 3.63) is 65.5 Å². The second kappa shape index (κ2) is 6.27. The predicted octanol–water partition coefficient (Wildman–Crippen LogP) is 3.87. The van der Waals surface area contributed by atoms with Crippen LogP contribution < -0.4 is 10.1 Å². The number of methoxy groups -OCH3 is 1. The number of nitrogens with one attached hydrogen (secondary N) is 1. The molecular formula is C18H20FNO. The van der Waals surface area contributed by atoms with Crippen LogP contribution in [0.3, 0.4) is 0 Å². The molecule has 0 unspecified atom stereocenters. The summed E-state index contributed by atoms with van der Waals surface area (Å²) in [4.78, 5) is 0. The Hall–Kier alpha value is -1.87. The SMILES string of the molecule is COc1ccc(C2CC(NCc3ccccc3F)C2)cc1. The first-order chi connectivity index (χ1) is 10.3. The van der Waals surface area contributed by atoms with Crippen molar-refractivity contribution < 1.29 is 9.13 Å². The van der Waals surface area contributed by atoms with Crippen LogP contribution in [0.4, 0.5) is 4.39 Å². The van der Waals surface area contributed by atoms with Crippen LogP contribution in [0, 0.1) is 5.82 Å². The Kier molecular flexibility index (Phi) is 4.20. The van der Waals surface area contributed by atoms with E-state index in [4.69, 9.17) is 4.74 Å². The smallest absolute Gasteiger partial charge is 0.127 e. The van der Waals surface area contributed by atoms with E-state index in [1.807, 2.05) is 24.3 Å². The molecule has 0 atom stereocenters. The molecule has 0 amide bonds. The first kappa shape index (κ1) is 14.1. The highest BCUT2D eigenvalue weighted by atomic mass is 19.1. The maximum Gasteiger partial charge on any atom is 0.127 e. The van der Waals surface area contributed by atoms with Crippen molar-refractivity contribution in [2.75, 3.05) is 7.11 Å². The molecule has 3 rings (SSSR count). The van der Waals surface area contributed by atoms with Gasteiger partial charge in [0.05, 0.1) is 7.11 Å². The van der Waals surface area contributed by atoms with E-state index in [2.05, 4.69) is 17.4 Å². The minimum absolute atomic E-state index is 0.129. The zero-order valence-electron chi connectivity index (χ0n) is 12.2. The highest BCUT2D eigenvalue weighted by molar-refractivity contribution is 5.31. The van der Waals surface area contributed by atoms with Gasteiger partial charge in [-0.1, -0.05) is 30.3 Å². The number of rotatable bonds is 5. The maximum atomic E-state index is 13.5. The number of ether oxygens (including phenoxy) is 1. The molecule has 0 saturated heterocycles. The van der Waals surface area contributed by atoms with E-state index in [9.17, 15) is 4.39 Å². The molecule has 1 saturated carbocycles. The van der Waals surface area contributed by atoms with Gasteiger partial charge in [-0.05, 0) is 42.5 Å². The molecule has 1 N–H and O–H groups in total. The molecule has 1 aliphatic carbocycles. The molecule has 0 spiro atoms. The van der Waals surface area contributed by atoms with Gasteiger partial charge in [0.25, 0.3) is 0 Å². The van der Waals surface area contributed by atoms with Gasteiger partial charge in [0.15, 0.2) is 0 Å². The van der Waals surface area contributed by atoms with E-state index < -0.39 is 0 Å². The molecule has 0 aromatic heterocycles. The molecule has 3 heteroatoms. The first-order valence-corrected chi connectivity index (χ1v) is 7.37. The molecule has 2 nitrogen and oxygen atoms in total. The third-order valence-corrected chi connectivity index (χ3v) is 4.26. The number of halogens is 1. The third kappa shape index (κ3) is 3.24. The number of hydrogen-bond donors (Lipinski definition) is 1. The fourth-order valence-corrected chi connectivity index (χ4v) is 2.83. The molecule has 0 bridgehead atoms. The fraction of sp³-hybridized carbons (Fsp3) is 0.333. The summed E-state index contributed by atoms with van der Waals surface area (Å²) in [5, 5.41) is 3.43. The molecule has 2 aromatic rings. The monoisotopic (exact) mass is 285 g/mol. The zero-order chi connectivity index (χ0) is 14.7. The zero-order valence-corrected chi connectivity index (χ0v) is 12.2. The fourth-order valence-electron chi connectivity index (χ4n) is 2.83. The van der Waals surface area contributed by atoms with Crippen LogP contribution in [0.1, 0.15) is 29.9 Å². The lowest BCUT2D eigenvalue weighted by Gasteiger charge is -2.36. The van der Waals surface area contributed by atoms with E-state index in [0.717, 1.165) is 24.2 Å². The summed E-state index contributed by atoms with van der Waals surface area (Å²) < 4.78 is 18.7. The van der Waals surface area contributed by atoms with Crippen LogP contribution in [-0.4, -0.2) is 13.2 Å². The van der Waals surface area contributed by atoms with Crippen LogP contribution >= 0.6 is 0 Å².